The summed E-state index contributed by atoms with van der Waals surface area (Å²) in [5.74, 6) is -1.38. The zero-order chi connectivity index (χ0) is 20.6. The predicted octanol–water partition coefficient (Wildman–Crippen LogP) is 3.41. The lowest BCUT2D eigenvalue weighted by Gasteiger charge is -2.30. The smallest absolute Gasteiger partial charge is 0.325 e. The number of ether oxygens (including phenoxy) is 2. The molecule has 29 heavy (non-hydrogen) atoms. The zero-order valence-electron chi connectivity index (χ0n) is 17.0. The molecule has 3 N–H and O–H groups in total. The molecule has 2 unspecified atom stereocenters. The van der Waals surface area contributed by atoms with Crippen LogP contribution in [0.4, 0.5) is 4.39 Å². The van der Waals surface area contributed by atoms with E-state index in [1.807, 2.05) is 4.90 Å². The molecule has 0 amide bonds. The maximum Gasteiger partial charge on any atom is 0.325 e. The van der Waals surface area contributed by atoms with Crippen LogP contribution in [0.1, 0.15) is 68.2 Å². The standard InChI is InChI=1S/C22H33FN2O4/c23-16-7-8-18(20-6-2-5-13-29-20)19(14-16)21(22(26)27)25-11-9-17(15-25)28-12-4-1-3-10-24/h7-8,14,17,20-21H,1-6,9-13,15,24H2,(H,26,27)/t17-,20?,21?/m1/s1. The number of nitrogens with two attached hydrogens (primary N) is 1. The van der Waals surface area contributed by atoms with E-state index in [1.165, 1.54) is 12.1 Å². The Balaban J connectivity index is 1.70. The molecule has 3 atom stereocenters. The lowest BCUT2D eigenvalue weighted by molar-refractivity contribution is -0.143. The molecule has 2 aliphatic heterocycles. The van der Waals surface area contributed by atoms with E-state index in [0.29, 0.717) is 38.4 Å². The van der Waals surface area contributed by atoms with Crippen molar-refractivity contribution in [3.8, 4) is 0 Å². The number of halogens is 1. The second-order valence-electron chi connectivity index (χ2n) is 7.99. The zero-order valence-corrected chi connectivity index (χ0v) is 17.0. The molecule has 1 aromatic rings. The Kier molecular flexibility index (Phi) is 8.41. The Morgan fingerprint density at radius 2 is 2.17 bits per heavy atom. The van der Waals surface area contributed by atoms with Gasteiger partial charge in [0, 0.05) is 26.3 Å². The van der Waals surface area contributed by atoms with Crippen molar-refractivity contribution < 1.29 is 23.8 Å². The van der Waals surface area contributed by atoms with Gasteiger partial charge < -0.3 is 20.3 Å². The highest BCUT2D eigenvalue weighted by Gasteiger charge is 2.36. The van der Waals surface area contributed by atoms with Gasteiger partial charge in [-0.15, -0.1) is 0 Å². The van der Waals surface area contributed by atoms with Gasteiger partial charge in [-0.2, -0.15) is 0 Å². The Bertz CT molecular complexity index is 666. The highest BCUT2D eigenvalue weighted by Crippen LogP contribution is 2.36. The van der Waals surface area contributed by atoms with Crippen molar-refractivity contribution in [1.29, 1.82) is 0 Å². The van der Waals surface area contributed by atoms with Gasteiger partial charge >= 0.3 is 5.97 Å². The number of benzene rings is 1. The summed E-state index contributed by atoms with van der Waals surface area (Å²) < 4.78 is 25.9. The summed E-state index contributed by atoms with van der Waals surface area (Å²) in [5, 5.41) is 10.0. The first-order chi connectivity index (χ1) is 14.1. The molecule has 162 valence electrons. The molecule has 6 nitrogen and oxygen atoms in total. The van der Waals surface area contributed by atoms with Crippen molar-refractivity contribution in [2.45, 2.75) is 63.2 Å². The second-order valence-corrected chi connectivity index (χ2v) is 7.99. The Labute approximate surface area is 172 Å². The molecule has 0 aromatic heterocycles. The number of carboxylic acids is 1. The molecule has 0 bridgehead atoms. The van der Waals surface area contributed by atoms with Crippen molar-refractivity contribution in [1.82, 2.24) is 4.90 Å². The number of likely N-dealkylation sites (tertiary alicyclic amines) is 1. The van der Waals surface area contributed by atoms with Crippen LogP contribution in [0.5, 0.6) is 0 Å². The SMILES string of the molecule is NCCCCCO[C@@H]1CCN(C(C(=O)O)c2cc(F)ccc2C2CCCCO2)C1. The Morgan fingerprint density at radius 1 is 1.31 bits per heavy atom. The van der Waals surface area contributed by atoms with E-state index in [2.05, 4.69) is 0 Å². The van der Waals surface area contributed by atoms with Gasteiger partial charge in [0.25, 0.3) is 0 Å². The van der Waals surface area contributed by atoms with Crippen molar-refractivity contribution in [3.63, 3.8) is 0 Å². The fourth-order valence-corrected chi connectivity index (χ4v) is 4.35. The number of hydrogen-bond acceptors (Lipinski definition) is 5. The van der Waals surface area contributed by atoms with E-state index in [4.69, 9.17) is 15.2 Å². The molecule has 0 aliphatic carbocycles. The number of nitrogens with zero attached hydrogens (tertiary/aromatic N) is 1. The second kappa shape index (κ2) is 11.0. The first-order valence-electron chi connectivity index (χ1n) is 10.8. The maximum absolute atomic E-state index is 14.1. The molecule has 2 aliphatic rings. The quantitative estimate of drug-likeness (QED) is 0.577. The molecular formula is C22H33FN2O4. The van der Waals surface area contributed by atoms with Gasteiger partial charge in [0.05, 0.1) is 12.2 Å². The van der Waals surface area contributed by atoms with Crippen molar-refractivity contribution >= 4 is 5.97 Å². The van der Waals surface area contributed by atoms with Crippen LogP contribution in [0.2, 0.25) is 0 Å². The molecule has 2 saturated heterocycles. The first-order valence-corrected chi connectivity index (χ1v) is 10.8. The molecule has 0 saturated carbocycles. The topological polar surface area (TPSA) is 85.0 Å². The average molecular weight is 409 g/mol. The number of carbonyl (C=O) groups is 1. The van der Waals surface area contributed by atoms with Gasteiger partial charge in [0.15, 0.2) is 0 Å². The van der Waals surface area contributed by atoms with Crippen LogP contribution >= 0.6 is 0 Å². The van der Waals surface area contributed by atoms with Crippen molar-refractivity contribution in [3.05, 3.63) is 35.1 Å². The number of carboxylic acid groups (broad SMARTS) is 1. The normalized spacial score (nSPS) is 23.9. The number of unbranched alkanes of at least 4 members (excludes halogenated alkanes) is 2. The summed E-state index contributed by atoms with van der Waals surface area (Å²) in [6.45, 7) is 3.17. The lowest BCUT2D eigenvalue weighted by Crippen LogP contribution is -2.34. The Morgan fingerprint density at radius 3 is 2.90 bits per heavy atom. The van der Waals surface area contributed by atoms with E-state index in [1.54, 1.807) is 6.07 Å². The van der Waals surface area contributed by atoms with Crippen molar-refractivity contribution in [2.75, 3.05) is 32.8 Å². The minimum atomic E-state index is -0.962. The van der Waals surface area contributed by atoms with E-state index in [-0.39, 0.29) is 12.2 Å². The third-order valence-electron chi connectivity index (χ3n) is 5.85. The fourth-order valence-electron chi connectivity index (χ4n) is 4.35. The maximum atomic E-state index is 14.1. The van der Waals surface area contributed by atoms with Gasteiger partial charge in [-0.05, 0) is 74.8 Å². The Hall–Kier alpha value is -1.54. The summed E-state index contributed by atoms with van der Waals surface area (Å²) in [6.07, 6.45) is 6.49. The summed E-state index contributed by atoms with van der Waals surface area (Å²) in [7, 11) is 0. The van der Waals surface area contributed by atoms with Crippen LogP contribution in [0.15, 0.2) is 18.2 Å². The third-order valence-corrected chi connectivity index (χ3v) is 5.85. The van der Waals surface area contributed by atoms with E-state index < -0.39 is 17.8 Å². The molecule has 3 rings (SSSR count). The molecule has 2 fully saturated rings. The molecule has 2 heterocycles. The van der Waals surface area contributed by atoms with Gasteiger partial charge in [-0.3, -0.25) is 9.69 Å². The fraction of sp³-hybridized carbons (Fsp3) is 0.682. The highest BCUT2D eigenvalue weighted by molar-refractivity contribution is 5.76. The average Bonchev–Trinajstić information content (AvgIpc) is 3.17. The monoisotopic (exact) mass is 408 g/mol. The van der Waals surface area contributed by atoms with Crippen LogP contribution in [-0.2, 0) is 14.3 Å². The summed E-state index contributed by atoms with van der Waals surface area (Å²) in [6, 6.07) is 3.56. The lowest BCUT2D eigenvalue weighted by atomic mass is 9.92. The number of hydrogen-bond donors (Lipinski definition) is 2. The highest BCUT2D eigenvalue weighted by atomic mass is 19.1. The third kappa shape index (κ3) is 5.98. The van der Waals surface area contributed by atoms with E-state index in [9.17, 15) is 14.3 Å². The van der Waals surface area contributed by atoms with E-state index in [0.717, 1.165) is 50.5 Å². The van der Waals surface area contributed by atoms with Crippen molar-refractivity contribution in [2.24, 2.45) is 5.73 Å². The molecule has 7 heteroatoms. The molecule has 0 spiro atoms. The summed E-state index contributed by atoms with van der Waals surface area (Å²) >= 11 is 0. The number of aliphatic carboxylic acids is 1. The molecule has 1 aromatic carbocycles. The summed E-state index contributed by atoms with van der Waals surface area (Å²) in [4.78, 5) is 14.1. The largest absolute Gasteiger partial charge is 0.480 e. The minimum Gasteiger partial charge on any atom is -0.480 e. The van der Waals surface area contributed by atoms with E-state index >= 15 is 0 Å². The van der Waals surface area contributed by atoms with Crippen LogP contribution in [-0.4, -0.2) is 54.9 Å². The molecular weight excluding hydrogens is 375 g/mol. The minimum absolute atomic E-state index is 0.0117. The van der Waals surface area contributed by atoms with Crippen LogP contribution in [0.25, 0.3) is 0 Å². The van der Waals surface area contributed by atoms with Gasteiger partial charge in [-0.1, -0.05) is 6.07 Å². The van der Waals surface area contributed by atoms with Crippen LogP contribution in [0, 0.1) is 5.82 Å². The predicted molar refractivity (Wildman–Crippen MR) is 108 cm³/mol. The first kappa shape index (κ1) is 22.2. The number of rotatable bonds is 10. The van der Waals surface area contributed by atoms with Gasteiger partial charge in [-0.25, -0.2) is 4.39 Å². The van der Waals surface area contributed by atoms with Crippen LogP contribution in [0.3, 0.4) is 0 Å². The van der Waals surface area contributed by atoms with Gasteiger partial charge in [0.1, 0.15) is 11.9 Å². The molecule has 0 radical (unpaired) electrons. The van der Waals surface area contributed by atoms with Gasteiger partial charge in [0.2, 0.25) is 0 Å². The summed E-state index contributed by atoms with van der Waals surface area (Å²) in [5.41, 5.74) is 6.81. The van der Waals surface area contributed by atoms with Crippen LogP contribution < -0.4 is 5.73 Å².